The second-order valence-electron chi connectivity index (χ2n) is 12.6. The van der Waals surface area contributed by atoms with Gasteiger partial charge in [-0.2, -0.15) is 28.4 Å². The van der Waals surface area contributed by atoms with E-state index in [2.05, 4.69) is 20.9 Å². The number of ether oxygens (including phenoxy) is 1. The summed E-state index contributed by atoms with van der Waals surface area (Å²) in [6.45, 7) is 0. The van der Waals surface area contributed by atoms with E-state index in [9.17, 15) is 42.9 Å². The van der Waals surface area contributed by atoms with Gasteiger partial charge >= 0.3 is 18.0 Å². The number of carbonyl (C=O) groups is 3. The van der Waals surface area contributed by atoms with Crippen LogP contribution in [0.3, 0.4) is 0 Å². The molecule has 1 heterocycles. The number of phenolic OH excluding ortho intramolecular Hbond substituents is 2. The van der Waals surface area contributed by atoms with Crippen LogP contribution in [0.25, 0.3) is 10.8 Å². The average Bonchev–Trinajstić information content (AvgIpc) is 3.51. The maximum absolute atomic E-state index is 14.3. The van der Waals surface area contributed by atoms with Crippen molar-refractivity contribution in [3.8, 4) is 17.2 Å². The van der Waals surface area contributed by atoms with Crippen LogP contribution in [0.5, 0.6) is 17.2 Å². The molecule has 52 heavy (non-hydrogen) atoms. The number of fused-ring (bicyclic) bond motifs is 1. The normalized spacial score (nSPS) is 20.5. The van der Waals surface area contributed by atoms with E-state index < -0.39 is 47.9 Å². The summed E-state index contributed by atoms with van der Waals surface area (Å²) in [4.78, 5) is 39.1. The van der Waals surface area contributed by atoms with Crippen molar-refractivity contribution in [2.45, 2.75) is 49.9 Å². The molecule has 1 aliphatic heterocycles. The molecule has 0 bridgehead atoms. The van der Waals surface area contributed by atoms with Crippen LogP contribution >= 0.6 is 0 Å². The summed E-state index contributed by atoms with van der Waals surface area (Å²) >= 11 is 0. The molecule has 3 unspecified atom stereocenters. The van der Waals surface area contributed by atoms with Crippen molar-refractivity contribution in [2.24, 2.45) is 16.1 Å². The van der Waals surface area contributed by atoms with E-state index in [4.69, 9.17) is 4.74 Å². The first-order valence-corrected chi connectivity index (χ1v) is 16.3. The van der Waals surface area contributed by atoms with Gasteiger partial charge in [0.05, 0.1) is 24.6 Å². The quantitative estimate of drug-likeness (QED) is 0.0917. The Balaban J connectivity index is 1.19. The second-order valence-corrected chi connectivity index (χ2v) is 12.6. The van der Waals surface area contributed by atoms with Gasteiger partial charge in [-0.1, -0.05) is 61.0 Å². The molecule has 0 saturated heterocycles. The highest BCUT2D eigenvalue weighted by Crippen LogP contribution is 2.46. The number of nitrogens with zero attached hydrogens (tertiary/aromatic N) is 3. The number of hydrazone groups is 2. The Morgan fingerprint density at radius 2 is 1.71 bits per heavy atom. The van der Waals surface area contributed by atoms with Crippen molar-refractivity contribution in [2.75, 3.05) is 12.4 Å². The zero-order valence-corrected chi connectivity index (χ0v) is 27.7. The fraction of sp³-hybridized carbons (Fsp3) is 0.270. The minimum Gasteiger partial charge on any atom is -0.507 e. The number of phenols is 2. The fourth-order valence-corrected chi connectivity index (χ4v) is 6.74. The molecule has 0 spiro atoms. The van der Waals surface area contributed by atoms with Crippen LogP contribution in [0.15, 0.2) is 89.1 Å². The number of carbonyl (C=O) groups excluding carboxylic acids is 3. The number of hydrogen-bond acceptors (Lipinski definition) is 9. The molecule has 4 aromatic carbocycles. The van der Waals surface area contributed by atoms with Gasteiger partial charge in [0.25, 0.3) is 11.6 Å². The Morgan fingerprint density at radius 1 is 0.981 bits per heavy atom. The van der Waals surface area contributed by atoms with E-state index in [0.717, 1.165) is 5.39 Å². The summed E-state index contributed by atoms with van der Waals surface area (Å²) in [6.07, 6.45) is -3.57. The molecule has 1 fully saturated rings. The van der Waals surface area contributed by atoms with Crippen molar-refractivity contribution in [1.29, 1.82) is 0 Å². The van der Waals surface area contributed by atoms with Crippen LogP contribution in [0.1, 0.15) is 59.5 Å². The van der Waals surface area contributed by atoms with Gasteiger partial charge in [0.2, 0.25) is 0 Å². The molecule has 15 heteroatoms. The number of aliphatic hydroxyl groups is 1. The Morgan fingerprint density at radius 3 is 2.48 bits per heavy atom. The lowest BCUT2D eigenvalue weighted by atomic mass is 9.74. The molecule has 4 aromatic rings. The van der Waals surface area contributed by atoms with E-state index in [1.165, 1.54) is 43.7 Å². The number of hydrogen-bond donors (Lipinski definition) is 5. The third-order valence-corrected chi connectivity index (χ3v) is 9.41. The number of alkyl halides is 3. The fourth-order valence-electron chi connectivity index (χ4n) is 6.74. The lowest BCUT2D eigenvalue weighted by Crippen LogP contribution is -2.58. The molecular formula is C37H34F3N5O7. The summed E-state index contributed by atoms with van der Waals surface area (Å²) in [5, 5.41) is 43.9. The highest BCUT2D eigenvalue weighted by molar-refractivity contribution is 6.40. The van der Waals surface area contributed by atoms with E-state index in [-0.39, 0.29) is 45.6 Å². The third kappa shape index (κ3) is 6.86. The molecule has 5 N–H and O–H groups in total. The highest BCUT2D eigenvalue weighted by atomic mass is 19.4. The van der Waals surface area contributed by atoms with Gasteiger partial charge in [0.1, 0.15) is 17.2 Å². The lowest BCUT2D eigenvalue weighted by molar-refractivity contribution is -0.301. The second kappa shape index (κ2) is 14.3. The predicted molar refractivity (Wildman–Crippen MR) is 185 cm³/mol. The summed E-state index contributed by atoms with van der Waals surface area (Å²) in [5.41, 5.74) is -0.835. The Labute approximate surface area is 295 Å². The molecule has 2 aliphatic rings. The average molecular weight is 718 g/mol. The molecule has 3 atom stereocenters. The Bertz CT molecular complexity index is 2100. The minimum absolute atomic E-state index is 0.0315. The summed E-state index contributed by atoms with van der Waals surface area (Å²) < 4.78 is 48.1. The van der Waals surface area contributed by atoms with Crippen molar-refractivity contribution in [3.05, 3.63) is 95.6 Å². The zero-order valence-electron chi connectivity index (χ0n) is 27.7. The first kappa shape index (κ1) is 35.9. The summed E-state index contributed by atoms with van der Waals surface area (Å²) in [7, 11) is 1.31. The van der Waals surface area contributed by atoms with Gasteiger partial charge < -0.3 is 25.4 Å². The van der Waals surface area contributed by atoms with Gasteiger partial charge in [-0.3, -0.25) is 14.4 Å². The number of anilines is 1. The molecular weight excluding hydrogens is 683 g/mol. The van der Waals surface area contributed by atoms with E-state index >= 15 is 0 Å². The third-order valence-electron chi connectivity index (χ3n) is 9.41. The largest absolute Gasteiger partial charge is 0.507 e. The van der Waals surface area contributed by atoms with Gasteiger partial charge in [0.15, 0.2) is 0 Å². The molecule has 12 nitrogen and oxygen atoms in total. The van der Waals surface area contributed by atoms with Crippen molar-refractivity contribution in [3.63, 3.8) is 0 Å². The number of aromatic hydroxyl groups is 2. The van der Waals surface area contributed by atoms with Crippen LogP contribution in [-0.2, 0) is 9.59 Å². The molecule has 3 amide bonds. The number of methoxy groups -OCH3 is 1. The van der Waals surface area contributed by atoms with Gasteiger partial charge in [0, 0.05) is 17.7 Å². The number of nitrogens with one attached hydrogen (secondary N) is 2. The van der Waals surface area contributed by atoms with Crippen LogP contribution in [-0.4, -0.2) is 69.0 Å². The first-order valence-electron chi connectivity index (χ1n) is 16.3. The Hall–Kier alpha value is -5.96. The molecule has 6 rings (SSSR count). The van der Waals surface area contributed by atoms with Crippen molar-refractivity contribution < 1.29 is 47.6 Å². The zero-order chi connectivity index (χ0) is 37.2. The lowest BCUT2D eigenvalue weighted by Gasteiger charge is -2.33. The van der Waals surface area contributed by atoms with E-state index in [0.29, 0.717) is 35.8 Å². The van der Waals surface area contributed by atoms with Crippen LogP contribution in [0.2, 0.25) is 0 Å². The molecule has 0 aromatic heterocycles. The van der Waals surface area contributed by atoms with Crippen LogP contribution in [0.4, 0.5) is 18.9 Å². The maximum Gasteiger partial charge on any atom is 0.438 e. The minimum atomic E-state index is -5.36. The van der Waals surface area contributed by atoms with Crippen LogP contribution < -0.4 is 15.5 Å². The first-order chi connectivity index (χ1) is 24.8. The highest BCUT2D eigenvalue weighted by Gasteiger charge is 2.64. The van der Waals surface area contributed by atoms with Crippen molar-refractivity contribution in [1.82, 2.24) is 10.4 Å². The van der Waals surface area contributed by atoms with E-state index in [1.807, 2.05) is 12.1 Å². The number of amides is 3. The Kier molecular flexibility index (Phi) is 9.89. The molecule has 1 saturated carbocycles. The number of halogens is 3. The number of rotatable bonds is 7. The molecule has 270 valence electrons. The van der Waals surface area contributed by atoms with Crippen molar-refractivity contribution >= 4 is 46.1 Å². The predicted octanol–water partition coefficient (Wildman–Crippen LogP) is 5.78. The van der Waals surface area contributed by atoms with Gasteiger partial charge in [-0.25, -0.2) is 5.43 Å². The maximum atomic E-state index is 14.3. The topological polar surface area (TPSA) is 173 Å². The summed E-state index contributed by atoms with van der Waals surface area (Å²) in [5.74, 6) is -5.22. The monoisotopic (exact) mass is 717 g/mol. The van der Waals surface area contributed by atoms with Crippen LogP contribution in [0, 0.1) is 5.92 Å². The van der Waals surface area contributed by atoms with E-state index in [1.54, 1.807) is 36.4 Å². The molecule has 0 radical (unpaired) electrons. The van der Waals surface area contributed by atoms with Gasteiger partial charge in [-0.15, -0.1) is 0 Å². The SMILES string of the molecule is COc1ccccc1NC(=O)C(=O)N1N=C(C2CCCC(c3cccc(C(=O)N/N=C/c4c(O)ccc5ccccc45)c3O)C2)CC1(O)C(F)(F)F. The van der Waals surface area contributed by atoms with Gasteiger partial charge in [-0.05, 0) is 71.7 Å². The molecule has 1 aliphatic carbocycles. The number of para-hydroxylation sites is 3. The smallest absolute Gasteiger partial charge is 0.438 e. The summed E-state index contributed by atoms with van der Waals surface area (Å²) in [6, 6.07) is 21.1. The standard InChI is InChI=1S/C37H34F3N5O7/c1-52-31-15-5-4-14-28(31)42-34(49)35(50)45-36(51,37(38,39)40)19-29(44-45)23-10-6-9-22(18-23)25-12-7-13-26(32(25)47)33(48)43-41-20-27-24-11-3-2-8-21(24)16-17-30(27)46/h2-5,7-8,11-17,20,22-23,46-47,51H,6,9-10,18-19H2,1H3,(H,42,49)(H,43,48)/b41-20+. The number of benzene rings is 4.